The predicted octanol–water partition coefficient (Wildman–Crippen LogP) is 1.79. The van der Waals surface area contributed by atoms with Crippen LogP contribution in [0.25, 0.3) is 0 Å². The molecule has 3 saturated carbocycles. The van der Waals surface area contributed by atoms with E-state index >= 15 is 4.39 Å². The molecule has 0 heterocycles. The molecule has 32 heavy (non-hydrogen) atoms. The Labute approximate surface area is 194 Å². The van der Waals surface area contributed by atoms with E-state index < -0.39 is 69.3 Å². The minimum Gasteiger partial charge on any atom is -0.458 e. The maximum atomic E-state index is 15.5. The average molecular weight is 517 g/mol. The predicted molar refractivity (Wildman–Crippen MR) is 115 cm³/mol. The lowest BCUT2D eigenvalue weighted by Crippen LogP contribution is -2.70. The summed E-state index contributed by atoms with van der Waals surface area (Å²) in [6, 6.07) is 0. The topological polar surface area (TPSA) is 121 Å². The molecular weight excluding hydrogens is 487 g/mol. The number of carbonyl (C=O) groups excluding carboxylic acids is 3. The van der Waals surface area contributed by atoms with Crippen molar-refractivity contribution in [1.82, 2.24) is 0 Å². The number of alkyl halides is 2. The van der Waals surface area contributed by atoms with Gasteiger partial charge in [0.2, 0.25) is 5.78 Å². The minimum absolute atomic E-state index is 0.00178. The fraction of sp³-hybridized carbons (Fsp3) is 0.783. The first kappa shape index (κ1) is 24.0. The Morgan fingerprint density at radius 1 is 1.22 bits per heavy atom. The summed E-state index contributed by atoms with van der Waals surface area (Å²) in [7, 11) is 0. The zero-order valence-electron chi connectivity index (χ0n) is 18.4. The summed E-state index contributed by atoms with van der Waals surface area (Å²) in [5, 5.41) is 33.9. The maximum Gasteiger partial charge on any atom is 0.303 e. The van der Waals surface area contributed by atoms with Gasteiger partial charge in [0, 0.05) is 24.2 Å². The minimum atomic E-state index is -2.24. The molecule has 0 spiro atoms. The molecule has 7 nitrogen and oxygen atoms in total. The second-order valence-electron chi connectivity index (χ2n) is 10.4. The van der Waals surface area contributed by atoms with Crippen LogP contribution in [0.15, 0.2) is 11.6 Å². The van der Waals surface area contributed by atoms with E-state index in [1.165, 1.54) is 6.08 Å². The molecule has 9 atom stereocenters. The molecule has 9 heteroatoms. The summed E-state index contributed by atoms with van der Waals surface area (Å²) in [5.74, 6) is -2.65. The number of ether oxygens (including phenoxy) is 1. The van der Waals surface area contributed by atoms with Gasteiger partial charge in [0.1, 0.15) is 6.17 Å². The summed E-state index contributed by atoms with van der Waals surface area (Å²) in [6.07, 6.45) is -1.92. The van der Waals surface area contributed by atoms with Gasteiger partial charge in [0.05, 0.1) is 16.5 Å². The third-order valence-corrected chi connectivity index (χ3v) is 11.1. The number of Topliss-reactive ketones (excluding diaryl/α,β-unsaturated/α-hetero) is 1. The van der Waals surface area contributed by atoms with Crippen molar-refractivity contribution in [3.63, 3.8) is 0 Å². The molecule has 3 N–H and O–H groups in total. The number of aliphatic hydroxyl groups excluding tert-OH is 2. The molecule has 3 fully saturated rings. The van der Waals surface area contributed by atoms with Crippen LogP contribution < -0.4 is 0 Å². The van der Waals surface area contributed by atoms with E-state index in [4.69, 9.17) is 4.74 Å². The molecule has 0 amide bonds. The third-order valence-electron chi connectivity index (χ3n) is 9.08. The monoisotopic (exact) mass is 516 g/mol. The summed E-state index contributed by atoms with van der Waals surface area (Å²) < 4.78 is 19.3. The molecule has 0 unspecified atom stereocenters. The highest BCUT2D eigenvalue weighted by Crippen LogP contribution is 2.71. The van der Waals surface area contributed by atoms with E-state index in [-0.39, 0.29) is 31.5 Å². The Morgan fingerprint density at radius 3 is 2.50 bits per heavy atom. The number of carbonyl (C=O) groups is 3. The van der Waals surface area contributed by atoms with Crippen molar-refractivity contribution in [2.24, 2.45) is 22.7 Å². The number of hydrogen-bond donors (Lipinski definition) is 3. The Morgan fingerprint density at radius 2 is 1.88 bits per heavy atom. The summed E-state index contributed by atoms with van der Waals surface area (Å²) in [5.41, 5.74) is -3.96. The Kier molecular flexibility index (Phi) is 5.56. The zero-order chi connectivity index (χ0) is 23.9. The highest BCUT2D eigenvalue weighted by molar-refractivity contribution is 9.10. The highest BCUT2D eigenvalue weighted by atomic mass is 79.9. The largest absolute Gasteiger partial charge is 0.458 e. The van der Waals surface area contributed by atoms with Crippen molar-refractivity contribution >= 4 is 33.5 Å². The fourth-order valence-corrected chi connectivity index (χ4v) is 8.45. The third kappa shape index (κ3) is 2.83. The molecule has 0 aromatic carbocycles. The molecule has 178 valence electrons. The van der Waals surface area contributed by atoms with Crippen LogP contribution in [0.3, 0.4) is 0 Å². The van der Waals surface area contributed by atoms with Gasteiger partial charge in [0.25, 0.3) is 0 Å². The Balaban J connectivity index is 1.78. The first-order valence-electron chi connectivity index (χ1n) is 11.1. The van der Waals surface area contributed by atoms with Crippen LogP contribution in [-0.2, 0) is 19.1 Å². The van der Waals surface area contributed by atoms with Crippen molar-refractivity contribution < 1.29 is 38.8 Å². The molecule has 4 rings (SSSR count). The van der Waals surface area contributed by atoms with Crippen molar-refractivity contribution in [2.45, 2.75) is 81.2 Å². The summed E-state index contributed by atoms with van der Waals surface area (Å²) in [4.78, 5) is 36.2. The van der Waals surface area contributed by atoms with Gasteiger partial charge < -0.3 is 20.1 Å². The highest BCUT2D eigenvalue weighted by Gasteiger charge is 2.76. The van der Waals surface area contributed by atoms with Crippen molar-refractivity contribution in [3.05, 3.63) is 11.6 Å². The molecule has 0 saturated heterocycles. The first-order chi connectivity index (χ1) is 14.7. The van der Waals surface area contributed by atoms with Crippen LogP contribution in [0, 0.1) is 22.7 Å². The summed E-state index contributed by atoms with van der Waals surface area (Å²) >= 11 is 3.80. The number of allylic oxidation sites excluding steroid dienone is 1. The number of ketones is 2. The fourth-order valence-electron chi connectivity index (χ4n) is 7.36. The van der Waals surface area contributed by atoms with E-state index in [2.05, 4.69) is 15.9 Å². The zero-order valence-corrected chi connectivity index (χ0v) is 20.0. The molecule has 4 aliphatic carbocycles. The first-order valence-corrected chi connectivity index (χ1v) is 11.9. The van der Waals surface area contributed by atoms with E-state index in [0.29, 0.717) is 12.0 Å². The van der Waals surface area contributed by atoms with Gasteiger partial charge >= 0.3 is 5.97 Å². The number of fused-ring (bicyclic) bond motifs is 5. The van der Waals surface area contributed by atoms with Gasteiger partial charge in [-0.25, -0.2) is 4.39 Å². The Bertz CT molecular complexity index is 907. The lowest BCUT2D eigenvalue weighted by Gasteiger charge is -2.65. The number of esters is 1. The molecular formula is C23H30BrFO7. The standard InChI is InChI=1S/C23H30BrFO7/c1-11(26)32-10-19(30)23(31)17(28)8-13-14-7-16(25)15-6-12(27)4-5-20(15,2)22(14,24)18(29)9-21(13,23)3/h6,13-14,16-18,28-29,31H,4-5,7-10H2,1-3H3/t13-,14-,16-,17+,18-,20-,21-,22-,23-/m0/s1. The van der Waals surface area contributed by atoms with Crippen LogP contribution in [0.5, 0.6) is 0 Å². The van der Waals surface area contributed by atoms with E-state index in [0.717, 1.165) is 6.92 Å². The van der Waals surface area contributed by atoms with Crippen LogP contribution in [0.1, 0.15) is 52.9 Å². The molecule has 0 aliphatic heterocycles. The molecule has 4 aliphatic rings. The molecule has 0 aromatic heterocycles. The molecule has 0 bridgehead atoms. The number of aliphatic hydroxyl groups is 3. The van der Waals surface area contributed by atoms with Crippen LogP contribution >= 0.6 is 15.9 Å². The van der Waals surface area contributed by atoms with Crippen molar-refractivity contribution in [1.29, 1.82) is 0 Å². The SMILES string of the molecule is CC(=O)OCC(=O)[C@@]1(O)[C@H](O)C[C@H]2[C@@H]3C[C@H](F)C4=CC(=O)CC[C@]4(C)[C@@]3(Br)[C@@H](O)C[C@@]21C. The van der Waals surface area contributed by atoms with Crippen LogP contribution in [-0.4, -0.2) is 67.8 Å². The summed E-state index contributed by atoms with van der Waals surface area (Å²) in [6.45, 7) is 3.94. The molecule has 0 radical (unpaired) electrons. The average Bonchev–Trinajstić information content (AvgIpc) is 2.91. The van der Waals surface area contributed by atoms with Gasteiger partial charge in [-0.05, 0) is 49.2 Å². The number of rotatable bonds is 3. The van der Waals surface area contributed by atoms with Crippen molar-refractivity contribution in [3.8, 4) is 0 Å². The van der Waals surface area contributed by atoms with Crippen LogP contribution in [0.4, 0.5) is 4.39 Å². The van der Waals surface area contributed by atoms with E-state index in [1.54, 1.807) is 6.92 Å². The van der Waals surface area contributed by atoms with Gasteiger partial charge in [-0.2, -0.15) is 0 Å². The van der Waals surface area contributed by atoms with Crippen molar-refractivity contribution in [2.75, 3.05) is 6.61 Å². The Hall–Kier alpha value is -1.16. The van der Waals surface area contributed by atoms with E-state index in [9.17, 15) is 29.7 Å². The van der Waals surface area contributed by atoms with Gasteiger partial charge in [-0.15, -0.1) is 0 Å². The number of halogens is 2. The van der Waals surface area contributed by atoms with Gasteiger partial charge in [-0.1, -0.05) is 29.8 Å². The smallest absolute Gasteiger partial charge is 0.303 e. The second-order valence-corrected chi connectivity index (χ2v) is 11.8. The second kappa shape index (κ2) is 7.42. The van der Waals surface area contributed by atoms with Gasteiger partial charge in [-0.3, -0.25) is 14.4 Å². The number of hydrogen-bond acceptors (Lipinski definition) is 7. The van der Waals surface area contributed by atoms with Gasteiger partial charge in [0.15, 0.2) is 18.0 Å². The normalized spacial score (nSPS) is 50.1. The quantitative estimate of drug-likeness (QED) is 0.386. The van der Waals surface area contributed by atoms with Crippen LogP contribution in [0.2, 0.25) is 0 Å². The lowest BCUT2D eigenvalue weighted by atomic mass is 9.45. The van der Waals surface area contributed by atoms with E-state index in [1.807, 2.05) is 6.92 Å². The molecule has 0 aromatic rings. The lowest BCUT2D eigenvalue weighted by molar-refractivity contribution is -0.190. The maximum absolute atomic E-state index is 15.5.